The van der Waals surface area contributed by atoms with Crippen LogP contribution in [0.15, 0.2) is 36.7 Å². The molecule has 1 atom stereocenters. The Morgan fingerprint density at radius 3 is 2.78 bits per heavy atom. The highest BCUT2D eigenvalue weighted by atomic mass is 19.1. The predicted octanol–water partition coefficient (Wildman–Crippen LogP) is 1.46. The summed E-state index contributed by atoms with van der Waals surface area (Å²) in [7, 11) is 0. The predicted molar refractivity (Wildman–Crippen MR) is 81.4 cm³/mol. The van der Waals surface area contributed by atoms with Crippen LogP contribution in [0.1, 0.15) is 22.6 Å². The van der Waals surface area contributed by atoms with E-state index in [4.69, 9.17) is 0 Å². The molecule has 0 spiro atoms. The Morgan fingerprint density at radius 1 is 1.30 bits per heavy atom. The first-order valence-electron chi connectivity index (χ1n) is 7.21. The first kappa shape index (κ1) is 15.1. The molecule has 0 saturated carbocycles. The van der Waals surface area contributed by atoms with Crippen LogP contribution >= 0.6 is 0 Å². The summed E-state index contributed by atoms with van der Waals surface area (Å²) < 4.78 is 13.8. The largest absolute Gasteiger partial charge is 0.339 e. The minimum Gasteiger partial charge on any atom is -0.339 e. The topological polar surface area (TPSA) is 75.2 Å². The number of carbonyl (C=O) groups is 2. The summed E-state index contributed by atoms with van der Waals surface area (Å²) >= 11 is 0. The molecule has 2 amide bonds. The van der Waals surface area contributed by atoms with E-state index in [0.717, 1.165) is 0 Å². The SMILES string of the molecule is Cc1cnc(C(=O)N[C@@H]2CCN(c3ccccc3F)C2=O)cn1. The Bertz CT molecular complexity index is 748. The van der Waals surface area contributed by atoms with Crippen molar-refractivity contribution >= 4 is 17.5 Å². The fourth-order valence-electron chi connectivity index (χ4n) is 2.47. The molecule has 1 aromatic carbocycles. The van der Waals surface area contributed by atoms with E-state index in [-0.39, 0.29) is 17.3 Å². The quantitative estimate of drug-likeness (QED) is 0.930. The normalized spacial score (nSPS) is 17.4. The zero-order valence-electron chi connectivity index (χ0n) is 12.5. The van der Waals surface area contributed by atoms with Gasteiger partial charge in [-0.15, -0.1) is 0 Å². The molecule has 6 nitrogen and oxygen atoms in total. The summed E-state index contributed by atoms with van der Waals surface area (Å²) in [6, 6.07) is 5.39. The maximum absolute atomic E-state index is 13.8. The maximum Gasteiger partial charge on any atom is 0.272 e. The molecule has 1 aliphatic rings. The molecule has 1 aromatic heterocycles. The lowest BCUT2D eigenvalue weighted by atomic mass is 10.2. The zero-order valence-corrected chi connectivity index (χ0v) is 12.5. The van der Waals surface area contributed by atoms with E-state index in [1.807, 2.05) is 0 Å². The number of carbonyl (C=O) groups excluding carboxylic acids is 2. The van der Waals surface area contributed by atoms with Gasteiger partial charge in [0.05, 0.1) is 17.6 Å². The van der Waals surface area contributed by atoms with Crippen LogP contribution in [0.3, 0.4) is 0 Å². The van der Waals surface area contributed by atoms with E-state index in [9.17, 15) is 14.0 Å². The second kappa shape index (κ2) is 6.12. The number of hydrogen-bond donors (Lipinski definition) is 1. The van der Waals surface area contributed by atoms with Gasteiger partial charge in [-0.1, -0.05) is 12.1 Å². The van der Waals surface area contributed by atoms with Gasteiger partial charge in [0.2, 0.25) is 5.91 Å². The Labute approximate surface area is 132 Å². The number of rotatable bonds is 3. The standard InChI is InChI=1S/C16H15FN4O2/c1-10-8-19-13(9-18-10)15(22)20-12-6-7-21(16(12)23)14-5-3-2-4-11(14)17/h2-5,8-9,12H,6-7H2,1H3,(H,20,22)/t12-/m1/s1. The molecule has 118 valence electrons. The molecule has 0 unspecified atom stereocenters. The van der Waals surface area contributed by atoms with Gasteiger partial charge in [0.1, 0.15) is 17.6 Å². The number of nitrogens with one attached hydrogen (secondary N) is 1. The van der Waals surface area contributed by atoms with Crippen molar-refractivity contribution in [3.63, 3.8) is 0 Å². The molecule has 23 heavy (non-hydrogen) atoms. The van der Waals surface area contributed by atoms with E-state index in [0.29, 0.717) is 18.7 Å². The fraction of sp³-hybridized carbons (Fsp3) is 0.250. The summed E-state index contributed by atoms with van der Waals surface area (Å²) in [6.45, 7) is 2.12. The number of para-hydroxylation sites is 1. The van der Waals surface area contributed by atoms with E-state index in [2.05, 4.69) is 15.3 Å². The second-order valence-corrected chi connectivity index (χ2v) is 5.30. The van der Waals surface area contributed by atoms with E-state index in [1.165, 1.54) is 23.4 Å². The Morgan fingerprint density at radius 2 is 2.09 bits per heavy atom. The van der Waals surface area contributed by atoms with Gasteiger partial charge in [0, 0.05) is 12.7 Å². The van der Waals surface area contributed by atoms with Crippen LogP contribution < -0.4 is 10.2 Å². The molecule has 0 aliphatic carbocycles. The Kier molecular flexibility index (Phi) is 4.01. The highest BCUT2D eigenvalue weighted by Crippen LogP contribution is 2.24. The van der Waals surface area contributed by atoms with Crippen molar-refractivity contribution in [1.29, 1.82) is 0 Å². The molecule has 7 heteroatoms. The van der Waals surface area contributed by atoms with Crippen molar-refractivity contribution < 1.29 is 14.0 Å². The van der Waals surface area contributed by atoms with Crippen LogP contribution in [0.5, 0.6) is 0 Å². The van der Waals surface area contributed by atoms with E-state index in [1.54, 1.807) is 25.1 Å². The number of amides is 2. The molecule has 1 aliphatic heterocycles. The first-order chi connectivity index (χ1) is 11.1. The number of nitrogens with zero attached hydrogens (tertiary/aromatic N) is 3. The van der Waals surface area contributed by atoms with Gasteiger partial charge < -0.3 is 10.2 Å². The van der Waals surface area contributed by atoms with Crippen molar-refractivity contribution in [2.75, 3.05) is 11.4 Å². The van der Waals surface area contributed by atoms with E-state index < -0.39 is 17.8 Å². The van der Waals surface area contributed by atoms with Crippen LogP contribution in [0.2, 0.25) is 0 Å². The van der Waals surface area contributed by atoms with Crippen LogP contribution in [0, 0.1) is 12.7 Å². The van der Waals surface area contributed by atoms with Crippen molar-refractivity contribution in [2.24, 2.45) is 0 Å². The number of halogens is 1. The Hall–Kier alpha value is -2.83. The summed E-state index contributed by atoms with van der Waals surface area (Å²) in [5.41, 5.74) is 1.07. The van der Waals surface area contributed by atoms with Gasteiger partial charge in [-0.3, -0.25) is 14.6 Å². The third-order valence-corrected chi connectivity index (χ3v) is 3.67. The number of anilines is 1. The van der Waals surface area contributed by atoms with Gasteiger partial charge in [-0.05, 0) is 25.5 Å². The van der Waals surface area contributed by atoms with Gasteiger partial charge in [-0.2, -0.15) is 0 Å². The lowest BCUT2D eigenvalue weighted by Gasteiger charge is -2.17. The van der Waals surface area contributed by atoms with Gasteiger partial charge >= 0.3 is 0 Å². The molecule has 2 aromatic rings. The molecule has 0 radical (unpaired) electrons. The number of aryl methyl sites for hydroxylation is 1. The van der Waals surface area contributed by atoms with Crippen molar-refractivity contribution in [1.82, 2.24) is 15.3 Å². The summed E-state index contributed by atoms with van der Waals surface area (Å²) in [4.78, 5) is 33.8. The zero-order chi connectivity index (χ0) is 16.4. The third kappa shape index (κ3) is 3.03. The highest BCUT2D eigenvalue weighted by molar-refractivity contribution is 6.03. The summed E-state index contributed by atoms with van der Waals surface area (Å²) in [5, 5.41) is 2.63. The van der Waals surface area contributed by atoms with Crippen molar-refractivity contribution in [3.05, 3.63) is 53.9 Å². The molecule has 0 bridgehead atoms. The maximum atomic E-state index is 13.8. The molecule has 1 fully saturated rings. The molecule has 3 rings (SSSR count). The molecule has 1 saturated heterocycles. The number of aromatic nitrogens is 2. The van der Waals surface area contributed by atoms with Crippen LogP contribution in [-0.2, 0) is 4.79 Å². The second-order valence-electron chi connectivity index (χ2n) is 5.30. The summed E-state index contributed by atoms with van der Waals surface area (Å²) in [5.74, 6) is -1.26. The summed E-state index contributed by atoms with van der Waals surface area (Å²) in [6.07, 6.45) is 3.26. The smallest absolute Gasteiger partial charge is 0.272 e. The van der Waals surface area contributed by atoms with Crippen LogP contribution in [0.25, 0.3) is 0 Å². The number of hydrogen-bond acceptors (Lipinski definition) is 4. The average Bonchev–Trinajstić information content (AvgIpc) is 2.89. The molecule has 1 N–H and O–H groups in total. The van der Waals surface area contributed by atoms with Crippen LogP contribution in [-0.4, -0.2) is 34.4 Å². The lowest BCUT2D eigenvalue weighted by molar-refractivity contribution is -0.118. The third-order valence-electron chi connectivity index (χ3n) is 3.67. The van der Waals surface area contributed by atoms with E-state index >= 15 is 0 Å². The average molecular weight is 314 g/mol. The minimum atomic E-state index is -0.690. The molecule has 2 heterocycles. The highest BCUT2D eigenvalue weighted by Gasteiger charge is 2.35. The van der Waals surface area contributed by atoms with Crippen molar-refractivity contribution in [3.8, 4) is 0 Å². The van der Waals surface area contributed by atoms with Gasteiger partial charge in [0.15, 0.2) is 0 Å². The lowest BCUT2D eigenvalue weighted by Crippen LogP contribution is -2.42. The van der Waals surface area contributed by atoms with Crippen molar-refractivity contribution in [2.45, 2.75) is 19.4 Å². The van der Waals surface area contributed by atoms with Crippen LogP contribution in [0.4, 0.5) is 10.1 Å². The Balaban J connectivity index is 1.71. The van der Waals surface area contributed by atoms with Gasteiger partial charge in [0.25, 0.3) is 5.91 Å². The monoisotopic (exact) mass is 314 g/mol. The first-order valence-corrected chi connectivity index (χ1v) is 7.21. The number of benzene rings is 1. The molecular formula is C16H15FN4O2. The molecular weight excluding hydrogens is 299 g/mol. The van der Waals surface area contributed by atoms with Gasteiger partial charge in [-0.25, -0.2) is 9.37 Å². The minimum absolute atomic E-state index is 0.146. The fourth-order valence-corrected chi connectivity index (χ4v) is 2.47.